The normalized spacial score (nSPS) is 57.9. The average molecular weight is 306 g/mol. The fourth-order valence-electron chi connectivity index (χ4n) is 6.97. The number of fused-ring (bicyclic) bond motifs is 5. The number of hydrogen-bond acceptors (Lipinski definition) is 3. The summed E-state index contributed by atoms with van der Waals surface area (Å²) in [5.41, 5.74) is 0.0929. The Hall–Kier alpha value is -0.410. The van der Waals surface area contributed by atoms with Crippen molar-refractivity contribution < 1.29 is 15.0 Å². The van der Waals surface area contributed by atoms with Gasteiger partial charge in [-0.2, -0.15) is 0 Å². The minimum Gasteiger partial charge on any atom is -0.393 e. The summed E-state index contributed by atoms with van der Waals surface area (Å²) in [7, 11) is 0. The first-order chi connectivity index (χ1) is 10.4. The quantitative estimate of drug-likeness (QED) is 0.723. The van der Waals surface area contributed by atoms with E-state index in [0.29, 0.717) is 29.5 Å². The minimum absolute atomic E-state index is 0.167. The highest BCUT2D eigenvalue weighted by Crippen LogP contribution is 2.65. The molecule has 3 nitrogen and oxygen atoms in total. The summed E-state index contributed by atoms with van der Waals surface area (Å²) < 4.78 is 0. The Morgan fingerprint density at radius 1 is 1.00 bits per heavy atom. The summed E-state index contributed by atoms with van der Waals surface area (Å²) >= 11 is 0. The lowest BCUT2D eigenvalue weighted by molar-refractivity contribution is -0.171. The number of hydrogen-bond donors (Lipinski definition) is 2. The van der Waals surface area contributed by atoms with Gasteiger partial charge >= 0.3 is 0 Å². The molecule has 4 aliphatic rings. The van der Waals surface area contributed by atoms with Crippen molar-refractivity contribution >= 4 is 5.78 Å². The van der Waals surface area contributed by atoms with E-state index in [4.69, 9.17) is 0 Å². The van der Waals surface area contributed by atoms with Crippen molar-refractivity contribution in [1.82, 2.24) is 0 Å². The molecule has 8 atom stereocenters. The zero-order valence-electron chi connectivity index (χ0n) is 13.9. The van der Waals surface area contributed by atoms with Gasteiger partial charge in [0.25, 0.3) is 0 Å². The molecular weight excluding hydrogens is 276 g/mol. The first kappa shape index (κ1) is 15.1. The number of carbonyl (C=O) groups excluding carboxylic acids is 1. The molecule has 0 saturated heterocycles. The highest BCUT2D eigenvalue weighted by atomic mass is 16.3. The van der Waals surface area contributed by atoms with Gasteiger partial charge in [0.1, 0.15) is 5.78 Å². The summed E-state index contributed by atoms with van der Waals surface area (Å²) in [6.07, 6.45) is 7.03. The lowest BCUT2D eigenvalue weighted by Gasteiger charge is -2.61. The van der Waals surface area contributed by atoms with Gasteiger partial charge in [0, 0.05) is 11.8 Å². The van der Waals surface area contributed by atoms with E-state index in [1.165, 1.54) is 0 Å². The molecule has 2 unspecified atom stereocenters. The Kier molecular flexibility index (Phi) is 3.30. The summed E-state index contributed by atoms with van der Waals surface area (Å²) in [5.74, 6) is 2.13. The Morgan fingerprint density at radius 3 is 2.55 bits per heavy atom. The summed E-state index contributed by atoms with van der Waals surface area (Å²) in [6, 6.07) is 0. The number of aliphatic hydroxyl groups excluding tert-OH is 2. The number of ketones is 1. The van der Waals surface area contributed by atoms with Gasteiger partial charge in [-0.05, 0) is 74.0 Å². The summed E-state index contributed by atoms with van der Waals surface area (Å²) in [5, 5.41) is 20.9. The van der Waals surface area contributed by atoms with Crippen LogP contribution in [0.1, 0.15) is 65.2 Å². The van der Waals surface area contributed by atoms with E-state index in [2.05, 4.69) is 13.8 Å². The zero-order chi connectivity index (χ0) is 15.7. The highest BCUT2D eigenvalue weighted by Gasteiger charge is 2.62. The predicted octanol–water partition coefficient (Wildman–Crippen LogP) is 2.93. The third-order valence-electron chi connectivity index (χ3n) is 8.36. The van der Waals surface area contributed by atoms with Crippen LogP contribution in [-0.2, 0) is 4.79 Å². The number of rotatable bonds is 0. The van der Waals surface area contributed by atoms with Crippen molar-refractivity contribution in [3.05, 3.63) is 0 Å². The Bertz CT molecular complexity index is 489. The topological polar surface area (TPSA) is 57.5 Å². The molecule has 4 fully saturated rings. The maximum Gasteiger partial charge on any atom is 0.139 e. The van der Waals surface area contributed by atoms with Crippen LogP contribution < -0.4 is 0 Å². The average Bonchev–Trinajstić information content (AvgIpc) is 2.77. The summed E-state index contributed by atoms with van der Waals surface area (Å²) in [6.45, 7) is 4.57. The van der Waals surface area contributed by atoms with Gasteiger partial charge in [-0.3, -0.25) is 4.79 Å². The second-order valence-electron chi connectivity index (χ2n) is 9.14. The van der Waals surface area contributed by atoms with Crippen LogP contribution in [0, 0.1) is 34.5 Å². The molecule has 0 radical (unpaired) electrons. The predicted molar refractivity (Wildman–Crippen MR) is 84.1 cm³/mol. The van der Waals surface area contributed by atoms with Crippen LogP contribution in [0.4, 0.5) is 0 Å². The molecule has 0 amide bonds. The molecule has 0 aliphatic heterocycles. The Balaban J connectivity index is 1.69. The molecule has 4 rings (SSSR count). The van der Waals surface area contributed by atoms with Gasteiger partial charge in [-0.1, -0.05) is 13.8 Å². The third-order valence-corrected chi connectivity index (χ3v) is 8.36. The maximum absolute atomic E-state index is 12.4. The largest absolute Gasteiger partial charge is 0.393 e. The smallest absolute Gasteiger partial charge is 0.139 e. The molecule has 2 N–H and O–H groups in total. The SMILES string of the molecule is C[C@]12CC[C@@H](O)CC1CC(O)[C@@H]1[C@@H]2CC[C@]2(C)C(=O)CC[C@@H]12. The molecule has 0 bridgehead atoms. The van der Waals surface area contributed by atoms with Crippen molar-refractivity contribution in [3.63, 3.8) is 0 Å². The first-order valence-electron chi connectivity index (χ1n) is 9.25. The van der Waals surface area contributed by atoms with Crippen LogP contribution in [0.3, 0.4) is 0 Å². The molecule has 0 aromatic carbocycles. The second-order valence-corrected chi connectivity index (χ2v) is 9.14. The van der Waals surface area contributed by atoms with Crippen LogP contribution in [0.15, 0.2) is 0 Å². The maximum atomic E-state index is 12.4. The Morgan fingerprint density at radius 2 is 1.77 bits per heavy atom. The van der Waals surface area contributed by atoms with Crippen molar-refractivity contribution in [1.29, 1.82) is 0 Å². The molecule has 0 spiro atoms. The van der Waals surface area contributed by atoms with Gasteiger partial charge in [0.15, 0.2) is 0 Å². The van der Waals surface area contributed by atoms with Crippen LogP contribution >= 0.6 is 0 Å². The lowest BCUT2D eigenvalue weighted by Crippen LogP contribution is -2.58. The Labute approximate surface area is 133 Å². The van der Waals surface area contributed by atoms with E-state index >= 15 is 0 Å². The monoisotopic (exact) mass is 306 g/mol. The van der Waals surface area contributed by atoms with E-state index in [1.807, 2.05) is 0 Å². The van der Waals surface area contributed by atoms with Gasteiger partial charge in [-0.25, -0.2) is 0 Å². The molecule has 0 aromatic rings. The number of Topliss-reactive ketones (excluding diaryl/α,β-unsaturated/α-hetero) is 1. The van der Waals surface area contributed by atoms with Crippen LogP contribution in [0.5, 0.6) is 0 Å². The van der Waals surface area contributed by atoms with Gasteiger partial charge in [0.2, 0.25) is 0 Å². The van der Waals surface area contributed by atoms with E-state index in [1.54, 1.807) is 0 Å². The van der Waals surface area contributed by atoms with Crippen molar-refractivity contribution in [3.8, 4) is 0 Å². The third kappa shape index (κ3) is 1.84. The second kappa shape index (κ2) is 4.80. The lowest BCUT2D eigenvalue weighted by atomic mass is 9.44. The van der Waals surface area contributed by atoms with Gasteiger partial charge in [-0.15, -0.1) is 0 Å². The van der Waals surface area contributed by atoms with Crippen molar-refractivity contribution in [2.24, 2.45) is 34.5 Å². The molecule has 4 saturated carbocycles. The molecule has 0 heterocycles. The zero-order valence-corrected chi connectivity index (χ0v) is 13.9. The molecule has 22 heavy (non-hydrogen) atoms. The first-order valence-corrected chi connectivity index (χ1v) is 9.25. The van der Waals surface area contributed by atoms with Crippen LogP contribution in [0.25, 0.3) is 0 Å². The van der Waals surface area contributed by atoms with Crippen molar-refractivity contribution in [2.75, 3.05) is 0 Å². The molecular formula is C19H30O3. The van der Waals surface area contributed by atoms with E-state index < -0.39 is 0 Å². The molecule has 4 aliphatic carbocycles. The van der Waals surface area contributed by atoms with Crippen molar-refractivity contribution in [2.45, 2.75) is 77.4 Å². The minimum atomic E-state index is -0.274. The van der Waals surface area contributed by atoms with Crippen LogP contribution in [0.2, 0.25) is 0 Å². The van der Waals surface area contributed by atoms with Gasteiger partial charge < -0.3 is 10.2 Å². The highest BCUT2D eigenvalue weighted by molar-refractivity contribution is 5.87. The van der Waals surface area contributed by atoms with E-state index in [9.17, 15) is 15.0 Å². The molecule has 0 aromatic heterocycles. The molecule has 3 heteroatoms. The summed E-state index contributed by atoms with van der Waals surface area (Å²) in [4.78, 5) is 12.4. The fraction of sp³-hybridized carbons (Fsp3) is 0.947. The van der Waals surface area contributed by atoms with Gasteiger partial charge in [0.05, 0.1) is 12.2 Å². The van der Waals surface area contributed by atoms with Crippen LogP contribution in [-0.4, -0.2) is 28.2 Å². The standard InChI is InChI=1S/C19H30O3/c1-18-7-5-12(20)9-11(18)10-15(21)17-13-3-4-16(22)19(13,2)8-6-14(17)18/h11-15,17,20-21H,3-10H2,1-2H3/t11?,12-,13+,14+,15?,17+,18+,19+/m1/s1. The number of carbonyl (C=O) groups is 1. The molecule has 124 valence electrons. The fourth-order valence-corrected chi connectivity index (χ4v) is 6.97. The number of aliphatic hydroxyl groups is 2. The van der Waals surface area contributed by atoms with E-state index in [-0.39, 0.29) is 23.0 Å². The van der Waals surface area contributed by atoms with E-state index in [0.717, 1.165) is 51.4 Å².